The summed E-state index contributed by atoms with van der Waals surface area (Å²) in [5.74, 6) is 0.660. The maximum atomic E-state index is 12.8. The number of hydrogen-bond donors (Lipinski definition) is 1. The van der Waals surface area contributed by atoms with Gasteiger partial charge < -0.3 is 24.7 Å². The fourth-order valence-corrected chi connectivity index (χ4v) is 2.67. The zero-order chi connectivity index (χ0) is 19.3. The number of benzene rings is 2. The monoisotopic (exact) mass is 359 g/mol. The molecule has 2 aromatic carbocycles. The van der Waals surface area contributed by atoms with Crippen LogP contribution in [-0.2, 0) is 6.42 Å². The third kappa shape index (κ3) is 3.72. The summed E-state index contributed by atoms with van der Waals surface area (Å²) in [6, 6.07) is 7.99. The molecule has 1 amide bonds. The van der Waals surface area contributed by atoms with Crippen molar-refractivity contribution in [3.8, 4) is 23.0 Å². The fraction of sp³-hybridized carbons (Fsp3) is 0.263. The average Bonchev–Trinajstić information content (AvgIpc) is 2.66. The Bertz CT molecular complexity index is 806. The summed E-state index contributed by atoms with van der Waals surface area (Å²) in [6.45, 7) is 0. The van der Waals surface area contributed by atoms with Crippen molar-refractivity contribution in [2.45, 2.75) is 6.42 Å². The van der Waals surface area contributed by atoms with Crippen molar-refractivity contribution in [1.29, 1.82) is 0 Å². The summed E-state index contributed by atoms with van der Waals surface area (Å²) in [7, 11) is 5.89. The lowest BCUT2D eigenvalue weighted by molar-refractivity contribution is 0.0989. The Hall–Kier alpha value is -3.22. The Kier molecular flexibility index (Phi) is 6.06. The van der Waals surface area contributed by atoms with E-state index in [0.717, 1.165) is 0 Å². The number of hydrogen-bond acceptors (Lipinski definition) is 6. The molecule has 0 radical (unpaired) electrons. The Labute approximate surface area is 151 Å². The lowest BCUT2D eigenvalue weighted by Crippen LogP contribution is -2.16. The number of primary amides is 1. The highest BCUT2D eigenvalue weighted by molar-refractivity contribution is 6.02. The minimum atomic E-state index is -0.628. The second-order valence-electron chi connectivity index (χ2n) is 5.36. The van der Waals surface area contributed by atoms with E-state index in [-0.39, 0.29) is 17.8 Å². The second-order valence-corrected chi connectivity index (χ2v) is 5.36. The summed E-state index contributed by atoms with van der Waals surface area (Å²) >= 11 is 0. The predicted molar refractivity (Wildman–Crippen MR) is 95.6 cm³/mol. The molecule has 2 N–H and O–H groups in total. The first-order valence-electron chi connectivity index (χ1n) is 7.75. The van der Waals surface area contributed by atoms with E-state index in [4.69, 9.17) is 24.7 Å². The molecule has 7 nitrogen and oxygen atoms in total. The first-order chi connectivity index (χ1) is 12.5. The van der Waals surface area contributed by atoms with E-state index in [9.17, 15) is 9.59 Å². The molecule has 0 saturated carbocycles. The van der Waals surface area contributed by atoms with Crippen LogP contribution in [0.3, 0.4) is 0 Å². The molecule has 0 spiro atoms. The van der Waals surface area contributed by atoms with Crippen LogP contribution in [0.15, 0.2) is 30.3 Å². The summed E-state index contributed by atoms with van der Waals surface area (Å²) < 4.78 is 21.1. The molecule has 26 heavy (non-hydrogen) atoms. The lowest BCUT2D eigenvalue weighted by Gasteiger charge is -2.15. The number of amides is 1. The van der Waals surface area contributed by atoms with Crippen molar-refractivity contribution in [3.05, 3.63) is 47.0 Å². The van der Waals surface area contributed by atoms with E-state index in [2.05, 4.69) is 0 Å². The van der Waals surface area contributed by atoms with Crippen LogP contribution >= 0.6 is 0 Å². The molecule has 7 heteroatoms. The van der Waals surface area contributed by atoms with Crippen LogP contribution in [0.2, 0.25) is 0 Å². The number of nitrogens with two attached hydrogens (primary N) is 1. The van der Waals surface area contributed by atoms with Gasteiger partial charge in [-0.25, -0.2) is 0 Å². The molecule has 0 aliphatic rings. The van der Waals surface area contributed by atoms with Crippen LogP contribution in [0.5, 0.6) is 23.0 Å². The molecule has 0 heterocycles. The van der Waals surface area contributed by atoms with Crippen molar-refractivity contribution in [3.63, 3.8) is 0 Å². The summed E-state index contributed by atoms with van der Waals surface area (Å²) in [6.07, 6.45) is -0.0685. The maximum Gasteiger partial charge on any atom is 0.249 e. The number of ketones is 1. The highest BCUT2D eigenvalue weighted by atomic mass is 16.5. The average molecular weight is 359 g/mol. The lowest BCUT2D eigenvalue weighted by atomic mass is 9.97. The normalized spacial score (nSPS) is 10.2. The minimum Gasteiger partial charge on any atom is -0.496 e. The highest BCUT2D eigenvalue weighted by Crippen LogP contribution is 2.38. The topological polar surface area (TPSA) is 97.1 Å². The van der Waals surface area contributed by atoms with Gasteiger partial charge in [0.1, 0.15) is 5.75 Å². The molecule has 0 fully saturated rings. The molecular formula is C19H21NO6. The largest absolute Gasteiger partial charge is 0.496 e. The number of rotatable bonds is 8. The Balaban J connectivity index is 2.47. The molecule has 0 bridgehead atoms. The molecule has 2 rings (SSSR count). The van der Waals surface area contributed by atoms with E-state index in [1.165, 1.54) is 28.4 Å². The van der Waals surface area contributed by atoms with Gasteiger partial charge in [0, 0.05) is 23.1 Å². The summed E-state index contributed by atoms with van der Waals surface area (Å²) in [4.78, 5) is 24.5. The Morgan fingerprint density at radius 1 is 0.885 bits per heavy atom. The molecule has 0 aliphatic heterocycles. The van der Waals surface area contributed by atoms with Gasteiger partial charge in [-0.05, 0) is 24.3 Å². The van der Waals surface area contributed by atoms with Crippen molar-refractivity contribution < 1.29 is 28.5 Å². The number of Topliss-reactive ketones (excluding diaryl/α,β-unsaturated/α-hetero) is 1. The molecule has 2 aromatic rings. The zero-order valence-electron chi connectivity index (χ0n) is 15.1. The zero-order valence-corrected chi connectivity index (χ0v) is 15.1. The summed E-state index contributed by atoms with van der Waals surface area (Å²) in [5.41, 5.74) is 6.44. The number of carbonyl (C=O) groups is 2. The first kappa shape index (κ1) is 19.1. The SMILES string of the molecule is COc1cccc(C(N)=O)c1CC(=O)c1cc(OC)c(OC)c(OC)c1. The van der Waals surface area contributed by atoms with Crippen LogP contribution in [0.1, 0.15) is 26.3 Å². The van der Waals surface area contributed by atoms with E-state index in [1.54, 1.807) is 30.3 Å². The highest BCUT2D eigenvalue weighted by Gasteiger charge is 2.21. The van der Waals surface area contributed by atoms with Gasteiger partial charge in [-0.2, -0.15) is 0 Å². The summed E-state index contributed by atoms with van der Waals surface area (Å²) in [5, 5.41) is 0. The van der Waals surface area contributed by atoms with Crippen LogP contribution < -0.4 is 24.7 Å². The molecule has 138 valence electrons. The molecule has 0 aliphatic carbocycles. The third-order valence-electron chi connectivity index (χ3n) is 3.94. The van der Waals surface area contributed by atoms with Crippen LogP contribution in [0.25, 0.3) is 0 Å². The van der Waals surface area contributed by atoms with Crippen molar-refractivity contribution in [2.24, 2.45) is 5.73 Å². The van der Waals surface area contributed by atoms with E-state index >= 15 is 0 Å². The molecule has 0 unspecified atom stereocenters. The second kappa shape index (κ2) is 8.24. The van der Waals surface area contributed by atoms with Gasteiger partial charge in [-0.3, -0.25) is 9.59 Å². The van der Waals surface area contributed by atoms with Gasteiger partial charge in [0.2, 0.25) is 11.7 Å². The minimum absolute atomic E-state index is 0.0685. The number of ether oxygens (including phenoxy) is 4. The van der Waals surface area contributed by atoms with Crippen molar-refractivity contribution in [1.82, 2.24) is 0 Å². The Morgan fingerprint density at radius 3 is 1.92 bits per heavy atom. The number of methoxy groups -OCH3 is 4. The fourth-order valence-electron chi connectivity index (χ4n) is 2.67. The van der Waals surface area contributed by atoms with Crippen LogP contribution in [-0.4, -0.2) is 40.1 Å². The van der Waals surface area contributed by atoms with Gasteiger partial charge in [-0.15, -0.1) is 0 Å². The van der Waals surface area contributed by atoms with Crippen molar-refractivity contribution >= 4 is 11.7 Å². The molecule has 0 saturated heterocycles. The van der Waals surface area contributed by atoms with Crippen molar-refractivity contribution in [2.75, 3.05) is 28.4 Å². The maximum absolute atomic E-state index is 12.8. The van der Waals surface area contributed by atoms with Crippen LogP contribution in [0.4, 0.5) is 0 Å². The molecule has 0 aromatic heterocycles. The smallest absolute Gasteiger partial charge is 0.249 e. The van der Waals surface area contributed by atoms with Crippen LogP contribution in [0, 0.1) is 0 Å². The van der Waals surface area contributed by atoms with Gasteiger partial charge in [0.15, 0.2) is 17.3 Å². The number of carbonyl (C=O) groups excluding carboxylic acids is 2. The van der Waals surface area contributed by atoms with E-state index in [0.29, 0.717) is 34.1 Å². The van der Waals surface area contributed by atoms with E-state index < -0.39 is 5.91 Å². The van der Waals surface area contributed by atoms with Gasteiger partial charge >= 0.3 is 0 Å². The van der Waals surface area contributed by atoms with Gasteiger partial charge in [0.05, 0.1) is 28.4 Å². The third-order valence-corrected chi connectivity index (χ3v) is 3.94. The Morgan fingerprint density at radius 2 is 1.46 bits per heavy atom. The van der Waals surface area contributed by atoms with Gasteiger partial charge in [0.25, 0.3) is 0 Å². The predicted octanol–water partition coefficient (Wildman–Crippen LogP) is 2.25. The first-order valence-corrected chi connectivity index (χ1v) is 7.75. The van der Waals surface area contributed by atoms with Gasteiger partial charge in [-0.1, -0.05) is 6.07 Å². The molecular weight excluding hydrogens is 338 g/mol. The standard InChI is InChI=1S/C19H21NO6/c1-23-15-7-5-6-12(19(20)22)13(15)10-14(21)11-8-16(24-2)18(26-4)17(9-11)25-3/h5-9H,10H2,1-4H3,(H2,20,22). The van der Waals surface area contributed by atoms with E-state index in [1.807, 2.05) is 0 Å². The molecule has 0 atom stereocenters. The quantitative estimate of drug-likeness (QED) is 0.726.